The molecular weight excluding hydrogens is 447 g/mol. The minimum atomic E-state index is -4.47. The van der Waals surface area contributed by atoms with Gasteiger partial charge in [0, 0.05) is 41.4 Å². The molecule has 34 heavy (non-hydrogen) atoms. The maximum atomic E-state index is 13.3. The summed E-state index contributed by atoms with van der Waals surface area (Å²) < 4.78 is 46.5. The topological polar surface area (TPSA) is 54.7 Å². The molecule has 1 amide bonds. The number of alkyl halides is 3. The molecule has 1 unspecified atom stereocenters. The standard InChI is InChI=1S/C22H31F3N3O3.C3H8/c1-14-13-31-8-6-19(14)26-18-4-3-15(10-18)21(29)27-7-5-20-16(11-27)9-17(22(23,24)25)12-28(20)30-2;1-3-2/h9,12,14-15,18-19,26H,3-8,10-11,13H2,1-2H3;3H2,1-2H3/q+1;/t14-,15-,18?,19-;/m0./s1. The van der Waals surface area contributed by atoms with Crippen molar-refractivity contribution in [3.05, 3.63) is 29.1 Å². The van der Waals surface area contributed by atoms with E-state index in [2.05, 4.69) is 26.1 Å². The van der Waals surface area contributed by atoms with Gasteiger partial charge in [0.05, 0.1) is 19.6 Å². The molecule has 1 aromatic rings. The first-order valence-electron chi connectivity index (χ1n) is 12.5. The maximum absolute atomic E-state index is 13.3. The van der Waals surface area contributed by atoms with E-state index in [1.165, 1.54) is 18.3 Å². The van der Waals surface area contributed by atoms with Gasteiger partial charge in [0.1, 0.15) is 12.7 Å². The molecule has 6 nitrogen and oxygen atoms in total. The van der Waals surface area contributed by atoms with E-state index in [1.807, 2.05) is 0 Å². The van der Waals surface area contributed by atoms with E-state index in [4.69, 9.17) is 9.57 Å². The van der Waals surface area contributed by atoms with E-state index in [1.54, 1.807) is 4.90 Å². The van der Waals surface area contributed by atoms with Crippen molar-refractivity contribution in [1.82, 2.24) is 10.2 Å². The van der Waals surface area contributed by atoms with Crippen LogP contribution in [0.4, 0.5) is 13.2 Å². The molecule has 1 aromatic heterocycles. The molecule has 192 valence electrons. The van der Waals surface area contributed by atoms with E-state index in [0.717, 1.165) is 51.2 Å². The normalized spacial score (nSPS) is 27.0. The molecule has 3 aliphatic rings. The Morgan fingerprint density at radius 3 is 2.68 bits per heavy atom. The van der Waals surface area contributed by atoms with Crippen LogP contribution in [0.5, 0.6) is 0 Å². The van der Waals surface area contributed by atoms with Gasteiger partial charge in [-0.2, -0.15) is 13.2 Å². The molecular formula is C25H39F3N3O3+. The number of hydrogen-bond acceptors (Lipinski definition) is 4. The predicted octanol–water partition coefficient (Wildman–Crippen LogP) is 3.54. The van der Waals surface area contributed by atoms with Crippen molar-refractivity contribution in [3.63, 3.8) is 0 Å². The average molecular weight is 487 g/mol. The molecule has 1 aliphatic carbocycles. The number of halogens is 3. The smallest absolute Gasteiger partial charge is 0.381 e. The molecule has 9 heteroatoms. The Labute approximate surface area is 200 Å². The second-order valence-electron chi connectivity index (χ2n) is 9.74. The summed E-state index contributed by atoms with van der Waals surface area (Å²) in [5.41, 5.74) is 0.428. The molecule has 4 rings (SSSR count). The Morgan fingerprint density at radius 2 is 2.03 bits per heavy atom. The van der Waals surface area contributed by atoms with Crippen molar-refractivity contribution in [2.45, 2.75) is 84.1 Å². The third kappa shape index (κ3) is 6.42. The summed E-state index contributed by atoms with van der Waals surface area (Å²) in [6.45, 7) is 8.65. The number of ether oxygens (including phenoxy) is 1. The van der Waals surface area contributed by atoms with Crippen LogP contribution in [0.1, 0.15) is 69.7 Å². The first-order valence-corrected chi connectivity index (χ1v) is 12.5. The minimum Gasteiger partial charge on any atom is -0.381 e. The van der Waals surface area contributed by atoms with Gasteiger partial charge in [-0.1, -0.05) is 27.2 Å². The lowest BCUT2D eigenvalue weighted by Crippen LogP contribution is -2.50. The van der Waals surface area contributed by atoms with Crippen LogP contribution in [-0.2, 0) is 28.7 Å². The van der Waals surface area contributed by atoms with Crippen molar-refractivity contribution in [1.29, 1.82) is 0 Å². The van der Waals surface area contributed by atoms with Crippen LogP contribution in [0.2, 0.25) is 0 Å². The largest absolute Gasteiger partial charge is 0.422 e. The van der Waals surface area contributed by atoms with Gasteiger partial charge in [-0.3, -0.25) is 9.63 Å². The van der Waals surface area contributed by atoms with Gasteiger partial charge in [0.25, 0.3) is 0 Å². The van der Waals surface area contributed by atoms with Gasteiger partial charge in [-0.05, 0) is 37.7 Å². The Balaban J connectivity index is 0.00000103. The fraction of sp³-hybridized carbons (Fsp3) is 0.760. The summed E-state index contributed by atoms with van der Waals surface area (Å²) in [5, 5.41) is 3.71. The molecule has 1 saturated heterocycles. The lowest BCUT2D eigenvalue weighted by atomic mass is 9.96. The third-order valence-electron chi connectivity index (χ3n) is 6.91. The zero-order valence-electron chi connectivity index (χ0n) is 20.8. The fourth-order valence-corrected chi connectivity index (χ4v) is 5.14. The molecule has 0 bridgehead atoms. The van der Waals surface area contributed by atoms with Crippen molar-refractivity contribution in [2.24, 2.45) is 11.8 Å². The van der Waals surface area contributed by atoms with Crippen LogP contribution in [-0.4, -0.2) is 49.8 Å². The Hall–Kier alpha value is -1.87. The second-order valence-corrected chi connectivity index (χ2v) is 9.74. The summed E-state index contributed by atoms with van der Waals surface area (Å²) in [6.07, 6.45) is 1.77. The summed E-state index contributed by atoms with van der Waals surface area (Å²) in [6, 6.07) is 1.87. The number of rotatable bonds is 4. The average Bonchev–Trinajstić information content (AvgIpc) is 3.27. The SMILES string of the molecule is CCC.CO[n+]1cc(C(F)(F)F)cc2c1CCN(C(=O)[C@H]1CCC(N[C@H]3CCOC[C@@H]3C)C1)C2. The van der Waals surface area contributed by atoms with Crippen LogP contribution in [0.25, 0.3) is 0 Å². The van der Waals surface area contributed by atoms with Crippen LogP contribution in [0.15, 0.2) is 12.3 Å². The zero-order chi connectivity index (χ0) is 24.9. The molecule has 0 spiro atoms. The highest BCUT2D eigenvalue weighted by Crippen LogP contribution is 2.33. The summed E-state index contributed by atoms with van der Waals surface area (Å²) >= 11 is 0. The summed E-state index contributed by atoms with van der Waals surface area (Å²) in [5.74, 6) is 0.434. The quantitative estimate of drug-likeness (QED) is 0.662. The van der Waals surface area contributed by atoms with Crippen molar-refractivity contribution in [3.8, 4) is 0 Å². The van der Waals surface area contributed by atoms with Crippen LogP contribution in [0.3, 0.4) is 0 Å². The van der Waals surface area contributed by atoms with E-state index >= 15 is 0 Å². The molecule has 1 saturated carbocycles. The number of carbonyl (C=O) groups excluding carboxylic acids is 1. The zero-order valence-corrected chi connectivity index (χ0v) is 20.8. The van der Waals surface area contributed by atoms with E-state index < -0.39 is 11.7 Å². The third-order valence-corrected chi connectivity index (χ3v) is 6.91. The number of nitrogens with one attached hydrogen (secondary N) is 1. The maximum Gasteiger partial charge on any atom is 0.422 e. The Bertz CT molecular complexity index is 834. The first kappa shape index (κ1) is 26.7. The highest BCUT2D eigenvalue weighted by molar-refractivity contribution is 5.79. The highest BCUT2D eigenvalue weighted by atomic mass is 19.4. The Kier molecular flexibility index (Phi) is 9.20. The molecule has 0 radical (unpaired) electrons. The number of nitrogens with zero attached hydrogens (tertiary/aromatic N) is 2. The highest BCUT2D eigenvalue weighted by Gasteiger charge is 2.40. The lowest BCUT2D eigenvalue weighted by molar-refractivity contribution is -0.891. The van der Waals surface area contributed by atoms with E-state index in [9.17, 15) is 18.0 Å². The monoisotopic (exact) mass is 486 g/mol. The first-order chi connectivity index (χ1) is 16.2. The van der Waals surface area contributed by atoms with Gasteiger partial charge in [0.15, 0.2) is 0 Å². The molecule has 2 fully saturated rings. The van der Waals surface area contributed by atoms with Crippen molar-refractivity contribution in [2.75, 3.05) is 26.9 Å². The van der Waals surface area contributed by atoms with Gasteiger partial charge in [0.2, 0.25) is 17.8 Å². The Morgan fingerprint density at radius 1 is 1.29 bits per heavy atom. The molecule has 3 heterocycles. The summed E-state index contributed by atoms with van der Waals surface area (Å²) in [4.78, 5) is 20.0. The molecule has 2 aliphatic heterocycles. The fourth-order valence-electron chi connectivity index (χ4n) is 5.14. The van der Waals surface area contributed by atoms with E-state index in [-0.39, 0.29) is 18.4 Å². The van der Waals surface area contributed by atoms with Crippen molar-refractivity contribution < 1.29 is 32.3 Å². The van der Waals surface area contributed by atoms with Crippen LogP contribution < -0.4 is 14.9 Å². The van der Waals surface area contributed by atoms with Gasteiger partial charge in [-0.25, -0.2) is 0 Å². The number of pyridine rings is 1. The second kappa shape index (κ2) is 11.7. The van der Waals surface area contributed by atoms with Crippen molar-refractivity contribution >= 4 is 5.91 Å². The van der Waals surface area contributed by atoms with Gasteiger partial charge in [-0.15, -0.1) is 0 Å². The number of aromatic nitrogens is 1. The van der Waals surface area contributed by atoms with Gasteiger partial charge >= 0.3 is 6.18 Å². The van der Waals surface area contributed by atoms with E-state index in [0.29, 0.717) is 42.2 Å². The van der Waals surface area contributed by atoms with Crippen LogP contribution >= 0.6 is 0 Å². The minimum absolute atomic E-state index is 0.0522. The van der Waals surface area contributed by atoms with Gasteiger partial charge < -0.3 is 15.0 Å². The number of amides is 1. The molecule has 1 N–H and O–H groups in total. The predicted molar refractivity (Wildman–Crippen MR) is 122 cm³/mol. The molecule has 4 atom stereocenters. The summed E-state index contributed by atoms with van der Waals surface area (Å²) in [7, 11) is 1.35. The number of carbonyl (C=O) groups is 1. The lowest BCUT2D eigenvalue weighted by Gasteiger charge is -2.32. The number of hydrogen-bond donors (Lipinski definition) is 1. The number of fused-ring (bicyclic) bond motifs is 1. The van der Waals surface area contributed by atoms with Crippen LogP contribution in [0, 0.1) is 11.8 Å². The molecule has 0 aromatic carbocycles.